The van der Waals surface area contributed by atoms with E-state index in [-0.39, 0.29) is 24.8 Å². The molecule has 0 aromatic heterocycles. The van der Waals surface area contributed by atoms with Crippen LogP contribution in [0.5, 0.6) is 0 Å². The Morgan fingerprint density at radius 2 is 1.33 bits per heavy atom. The van der Waals surface area contributed by atoms with Gasteiger partial charge in [-0.2, -0.15) is 0 Å². The highest BCUT2D eigenvalue weighted by atomic mass is 35.5. The van der Waals surface area contributed by atoms with Crippen molar-refractivity contribution in [3.05, 3.63) is 101 Å². The summed E-state index contributed by atoms with van der Waals surface area (Å²) in [4.78, 5) is 6.72. The van der Waals surface area contributed by atoms with Gasteiger partial charge in [0.15, 0.2) is 0 Å². The third-order valence-electron chi connectivity index (χ3n) is 7.49. The Morgan fingerprint density at radius 3 is 2.00 bits per heavy atom. The maximum Gasteiger partial charge on any atom is 0.0240 e. The average Bonchev–Trinajstić information content (AvgIpc) is 3.08. The smallest absolute Gasteiger partial charge is 0.0240 e. The number of piperidine rings is 1. The van der Waals surface area contributed by atoms with Crippen LogP contribution < -0.4 is 0 Å². The maximum atomic E-state index is 2.63. The van der Waals surface area contributed by atoms with Crippen LogP contribution in [0, 0.1) is 5.92 Å². The lowest BCUT2D eigenvalue weighted by Gasteiger charge is -2.32. The maximum absolute atomic E-state index is 2.63. The molecule has 5 rings (SSSR count). The number of hydrogen-bond acceptors (Lipinski definition) is 3. The van der Waals surface area contributed by atoms with Gasteiger partial charge in [0.2, 0.25) is 0 Å². The molecule has 0 radical (unpaired) electrons. The van der Waals surface area contributed by atoms with Crippen LogP contribution in [0.2, 0.25) is 0 Å². The molecule has 1 fully saturated rings. The molecular weight excluding hydrogens is 503 g/mol. The first-order valence-electron chi connectivity index (χ1n) is 13.1. The van der Waals surface area contributed by atoms with E-state index in [0.717, 1.165) is 25.6 Å². The van der Waals surface area contributed by atoms with E-state index in [0.29, 0.717) is 0 Å². The Morgan fingerprint density at radius 1 is 0.694 bits per heavy atom. The van der Waals surface area contributed by atoms with Crippen molar-refractivity contribution in [1.82, 2.24) is 9.80 Å². The summed E-state index contributed by atoms with van der Waals surface area (Å²) >= 11 is 2.07. The van der Waals surface area contributed by atoms with Crippen molar-refractivity contribution >= 4 is 36.6 Å². The molecule has 1 saturated heterocycles. The molecule has 0 atom stereocenters. The van der Waals surface area contributed by atoms with E-state index < -0.39 is 0 Å². The van der Waals surface area contributed by atoms with Crippen molar-refractivity contribution in [3.63, 3.8) is 0 Å². The predicted octanol–water partition coefficient (Wildman–Crippen LogP) is 7.87. The van der Waals surface area contributed by atoms with E-state index in [1.165, 1.54) is 73.5 Å². The largest absolute Gasteiger partial charge is 0.299 e. The van der Waals surface area contributed by atoms with Gasteiger partial charge in [-0.15, -0.1) is 36.6 Å². The van der Waals surface area contributed by atoms with Crippen molar-refractivity contribution in [2.75, 3.05) is 25.4 Å². The van der Waals surface area contributed by atoms with Crippen molar-refractivity contribution in [2.24, 2.45) is 5.92 Å². The van der Waals surface area contributed by atoms with Gasteiger partial charge in [0, 0.05) is 24.5 Å². The van der Waals surface area contributed by atoms with Crippen molar-refractivity contribution in [2.45, 2.75) is 56.6 Å². The Balaban J connectivity index is 0.00000180. The van der Waals surface area contributed by atoms with Gasteiger partial charge in [0.05, 0.1) is 0 Å². The molecule has 3 aromatic rings. The number of aryl methyl sites for hydroxylation is 1. The standard InChI is InChI=1S/C31H38N2S.2ClH/c1-3-8-27(9-4-1)23-32-19-15-26(16-20-32)17-21-34-31-14-13-29-12-7-18-33(25-30(29)22-31)24-28-10-5-2-6-11-28;;/h1-6,8-11,13-14,22,26H,7,12,15-21,23-25H2;2*1H. The number of hydrogen-bond donors (Lipinski definition) is 0. The average molecular weight is 544 g/mol. The molecule has 0 saturated carbocycles. The Hall–Kier alpha value is -1.49. The van der Waals surface area contributed by atoms with E-state index in [9.17, 15) is 0 Å². The molecule has 194 valence electrons. The van der Waals surface area contributed by atoms with E-state index in [2.05, 4.69) is 100 Å². The molecule has 0 spiro atoms. The number of fused-ring (bicyclic) bond motifs is 1. The van der Waals surface area contributed by atoms with Gasteiger partial charge in [-0.05, 0) is 97.8 Å². The zero-order valence-corrected chi connectivity index (χ0v) is 23.6. The van der Waals surface area contributed by atoms with Gasteiger partial charge in [-0.25, -0.2) is 0 Å². The SMILES string of the molecule is Cl.Cl.c1ccc(CN2CCC(CCSc3ccc4c(c3)CN(Cc3ccccc3)CCC4)CC2)cc1. The van der Waals surface area contributed by atoms with E-state index >= 15 is 0 Å². The predicted molar refractivity (Wildman–Crippen MR) is 160 cm³/mol. The number of rotatable bonds is 8. The molecule has 36 heavy (non-hydrogen) atoms. The third kappa shape index (κ3) is 8.53. The summed E-state index contributed by atoms with van der Waals surface area (Å²) in [5.41, 5.74) is 5.98. The van der Waals surface area contributed by atoms with Gasteiger partial charge in [-0.1, -0.05) is 66.7 Å². The van der Waals surface area contributed by atoms with E-state index in [1.54, 1.807) is 11.1 Å². The molecule has 2 aliphatic rings. The number of benzene rings is 3. The molecule has 0 amide bonds. The first-order valence-corrected chi connectivity index (χ1v) is 14.1. The Kier molecular flexibility index (Phi) is 12.2. The third-order valence-corrected chi connectivity index (χ3v) is 8.52. The van der Waals surface area contributed by atoms with Crippen LogP contribution in [0.15, 0.2) is 83.8 Å². The molecule has 0 aliphatic carbocycles. The molecule has 2 heterocycles. The zero-order valence-electron chi connectivity index (χ0n) is 21.2. The number of thioether (sulfide) groups is 1. The van der Waals surface area contributed by atoms with Crippen LogP contribution in [0.3, 0.4) is 0 Å². The second kappa shape index (κ2) is 15.1. The minimum atomic E-state index is 0. The molecule has 3 aromatic carbocycles. The second-order valence-electron chi connectivity index (χ2n) is 10.1. The summed E-state index contributed by atoms with van der Waals surface area (Å²) in [5.74, 6) is 2.14. The normalized spacial score (nSPS) is 16.9. The highest BCUT2D eigenvalue weighted by molar-refractivity contribution is 7.99. The molecule has 0 N–H and O–H groups in total. The van der Waals surface area contributed by atoms with E-state index in [1.807, 2.05) is 0 Å². The van der Waals surface area contributed by atoms with Crippen LogP contribution in [0.25, 0.3) is 0 Å². The van der Waals surface area contributed by atoms with Crippen molar-refractivity contribution < 1.29 is 0 Å². The number of halogens is 2. The summed E-state index contributed by atoms with van der Waals surface area (Å²) in [6.45, 7) is 6.94. The molecular formula is C31H40Cl2N2S. The van der Waals surface area contributed by atoms with Crippen molar-refractivity contribution in [3.8, 4) is 0 Å². The molecule has 0 bridgehead atoms. The first-order chi connectivity index (χ1) is 16.8. The second-order valence-corrected chi connectivity index (χ2v) is 11.2. The minimum Gasteiger partial charge on any atom is -0.299 e. The highest BCUT2D eigenvalue weighted by Gasteiger charge is 2.19. The fraction of sp³-hybridized carbons (Fsp3) is 0.419. The lowest BCUT2D eigenvalue weighted by Crippen LogP contribution is -2.33. The highest BCUT2D eigenvalue weighted by Crippen LogP contribution is 2.29. The minimum absolute atomic E-state index is 0. The summed E-state index contributed by atoms with van der Waals surface area (Å²) in [5, 5.41) is 0. The van der Waals surface area contributed by atoms with Crippen LogP contribution in [-0.4, -0.2) is 35.2 Å². The monoisotopic (exact) mass is 542 g/mol. The van der Waals surface area contributed by atoms with Crippen LogP contribution in [0.1, 0.15) is 47.9 Å². The molecule has 0 unspecified atom stereocenters. The Labute approximate surface area is 234 Å². The Bertz CT molecular complexity index is 1020. The molecule has 5 heteroatoms. The van der Waals surface area contributed by atoms with E-state index in [4.69, 9.17) is 0 Å². The van der Waals surface area contributed by atoms with Gasteiger partial charge in [0.1, 0.15) is 0 Å². The fourth-order valence-electron chi connectivity index (χ4n) is 5.49. The van der Waals surface area contributed by atoms with Gasteiger partial charge < -0.3 is 0 Å². The summed E-state index contributed by atoms with van der Waals surface area (Å²) in [7, 11) is 0. The number of nitrogens with zero attached hydrogens (tertiary/aromatic N) is 2. The lowest BCUT2D eigenvalue weighted by atomic mass is 9.94. The summed E-state index contributed by atoms with van der Waals surface area (Å²) in [6, 6.07) is 29.1. The quantitative estimate of drug-likeness (QED) is 0.267. The topological polar surface area (TPSA) is 6.48 Å². The lowest BCUT2D eigenvalue weighted by molar-refractivity contribution is 0.175. The van der Waals surface area contributed by atoms with Crippen LogP contribution >= 0.6 is 36.6 Å². The van der Waals surface area contributed by atoms with Gasteiger partial charge in [0.25, 0.3) is 0 Å². The molecule has 2 nitrogen and oxygen atoms in total. The van der Waals surface area contributed by atoms with Crippen molar-refractivity contribution in [1.29, 1.82) is 0 Å². The van der Waals surface area contributed by atoms with Gasteiger partial charge >= 0.3 is 0 Å². The van der Waals surface area contributed by atoms with Crippen LogP contribution in [0.4, 0.5) is 0 Å². The first kappa shape index (κ1) is 29.1. The van der Waals surface area contributed by atoms with Crippen LogP contribution in [-0.2, 0) is 26.1 Å². The van der Waals surface area contributed by atoms with Gasteiger partial charge in [-0.3, -0.25) is 9.80 Å². The number of likely N-dealkylation sites (tertiary alicyclic amines) is 1. The summed E-state index contributed by atoms with van der Waals surface area (Å²) in [6.07, 6.45) is 6.53. The fourth-order valence-corrected chi connectivity index (χ4v) is 6.57. The zero-order chi connectivity index (χ0) is 23.0. The summed E-state index contributed by atoms with van der Waals surface area (Å²) < 4.78 is 0. The molecule has 2 aliphatic heterocycles.